The number of hydrogen-bond donors (Lipinski definition) is 1. The van der Waals surface area contributed by atoms with Crippen LogP contribution in [0, 0.1) is 10.1 Å². The number of fused-ring (bicyclic) bond motifs is 1. The number of carbonyl (C=O) groups excluding carboxylic acids is 1. The second-order valence-electron chi connectivity index (χ2n) is 4.55. The SMILES string of the molecule is O=C(Nc1ccc2sccc2c1)c1cc(Cl)ccc1[N+](=O)[O-]. The molecule has 0 saturated heterocycles. The summed E-state index contributed by atoms with van der Waals surface area (Å²) in [6, 6.07) is 11.3. The normalized spacial score (nSPS) is 10.6. The van der Waals surface area contributed by atoms with Gasteiger partial charge in [-0.1, -0.05) is 11.6 Å². The van der Waals surface area contributed by atoms with Crippen LogP contribution in [0.5, 0.6) is 0 Å². The number of rotatable bonds is 3. The summed E-state index contributed by atoms with van der Waals surface area (Å²) < 4.78 is 1.10. The summed E-state index contributed by atoms with van der Waals surface area (Å²) >= 11 is 7.43. The molecule has 1 aromatic heterocycles. The Morgan fingerprint density at radius 3 is 2.77 bits per heavy atom. The number of nitro groups is 1. The molecule has 0 fully saturated rings. The first-order valence-electron chi connectivity index (χ1n) is 6.27. The van der Waals surface area contributed by atoms with Gasteiger partial charge in [0, 0.05) is 21.5 Å². The molecule has 3 rings (SSSR count). The Kier molecular flexibility index (Phi) is 3.79. The fourth-order valence-corrected chi connectivity index (χ4v) is 3.04. The van der Waals surface area contributed by atoms with Crippen molar-refractivity contribution in [3.05, 3.63) is 68.5 Å². The molecule has 3 aromatic rings. The highest BCUT2D eigenvalue weighted by molar-refractivity contribution is 7.17. The molecule has 7 heteroatoms. The molecule has 0 radical (unpaired) electrons. The summed E-state index contributed by atoms with van der Waals surface area (Å²) in [6.07, 6.45) is 0. The van der Waals surface area contributed by atoms with Gasteiger partial charge in [0.1, 0.15) is 5.56 Å². The number of thiophene rings is 1. The quantitative estimate of drug-likeness (QED) is 0.557. The van der Waals surface area contributed by atoms with Gasteiger partial charge in [0.25, 0.3) is 11.6 Å². The Labute approximate surface area is 134 Å². The lowest BCUT2D eigenvalue weighted by atomic mass is 10.1. The smallest absolute Gasteiger partial charge is 0.282 e. The average molecular weight is 333 g/mol. The number of anilines is 1. The van der Waals surface area contributed by atoms with Crippen LogP contribution >= 0.6 is 22.9 Å². The first kappa shape index (κ1) is 14.5. The fourth-order valence-electron chi connectivity index (χ4n) is 2.09. The van der Waals surface area contributed by atoms with Gasteiger partial charge >= 0.3 is 0 Å². The summed E-state index contributed by atoms with van der Waals surface area (Å²) in [7, 11) is 0. The predicted molar refractivity (Wildman–Crippen MR) is 87.9 cm³/mol. The van der Waals surface area contributed by atoms with Crippen LogP contribution in [-0.2, 0) is 0 Å². The summed E-state index contributed by atoms with van der Waals surface area (Å²) in [5, 5.41) is 16.9. The molecule has 5 nitrogen and oxygen atoms in total. The number of halogens is 1. The molecule has 2 aromatic carbocycles. The van der Waals surface area contributed by atoms with Gasteiger partial charge in [0.05, 0.1) is 4.92 Å². The van der Waals surface area contributed by atoms with E-state index in [-0.39, 0.29) is 16.3 Å². The van der Waals surface area contributed by atoms with E-state index in [4.69, 9.17) is 11.6 Å². The average Bonchev–Trinajstić information content (AvgIpc) is 2.94. The number of carbonyl (C=O) groups is 1. The van der Waals surface area contributed by atoms with Crippen molar-refractivity contribution in [2.75, 3.05) is 5.32 Å². The number of hydrogen-bond acceptors (Lipinski definition) is 4. The summed E-state index contributed by atoms with van der Waals surface area (Å²) in [5.74, 6) is -0.566. The summed E-state index contributed by atoms with van der Waals surface area (Å²) in [6.45, 7) is 0. The Morgan fingerprint density at radius 1 is 1.18 bits per heavy atom. The Hall–Kier alpha value is -2.44. The predicted octanol–water partition coefficient (Wildman–Crippen LogP) is 4.72. The van der Waals surface area contributed by atoms with Gasteiger partial charge in [-0.05, 0) is 47.2 Å². The second-order valence-corrected chi connectivity index (χ2v) is 5.93. The van der Waals surface area contributed by atoms with E-state index < -0.39 is 10.8 Å². The lowest BCUT2D eigenvalue weighted by Gasteiger charge is -2.06. The maximum absolute atomic E-state index is 12.3. The number of nitrogens with zero attached hydrogens (tertiary/aromatic N) is 1. The molecule has 1 amide bonds. The van der Waals surface area contributed by atoms with E-state index in [1.165, 1.54) is 18.2 Å². The minimum atomic E-state index is -0.604. The minimum absolute atomic E-state index is 0.0667. The summed E-state index contributed by atoms with van der Waals surface area (Å²) in [4.78, 5) is 22.7. The molecule has 0 saturated carbocycles. The molecule has 0 spiro atoms. The van der Waals surface area contributed by atoms with Gasteiger partial charge in [0.15, 0.2) is 0 Å². The van der Waals surface area contributed by atoms with Crippen LogP contribution in [0.4, 0.5) is 11.4 Å². The number of amides is 1. The molecule has 0 aliphatic carbocycles. The molecule has 1 N–H and O–H groups in total. The topological polar surface area (TPSA) is 72.2 Å². The van der Waals surface area contributed by atoms with Gasteiger partial charge in [-0.3, -0.25) is 14.9 Å². The van der Waals surface area contributed by atoms with E-state index in [0.29, 0.717) is 5.69 Å². The maximum atomic E-state index is 12.3. The molecular formula is C15H9ClN2O3S. The van der Waals surface area contributed by atoms with Crippen LogP contribution in [0.3, 0.4) is 0 Å². The van der Waals surface area contributed by atoms with Crippen molar-refractivity contribution in [3.8, 4) is 0 Å². The molecule has 1 heterocycles. The van der Waals surface area contributed by atoms with Crippen molar-refractivity contribution in [3.63, 3.8) is 0 Å². The van der Waals surface area contributed by atoms with E-state index in [9.17, 15) is 14.9 Å². The number of nitrogens with one attached hydrogen (secondary N) is 1. The number of nitro benzene ring substituents is 1. The van der Waals surface area contributed by atoms with Crippen LogP contribution in [0.25, 0.3) is 10.1 Å². The molecule has 0 aliphatic rings. The molecule has 22 heavy (non-hydrogen) atoms. The third kappa shape index (κ3) is 2.79. The van der Waals surface area contributed by atoms with E-state index >= 15 is 0 Å². The maximum Gasteiger partial charge on any atom is 0.282 e. The largest absolute Gasteiger partial charge is 0.322 e. The van der Waals surface area contributed by atoms with Crippen molar-refractivity contribution in [2.24, 2.45) is 0 Å². The van der Waals surface area contributed by atoms with Crippen LogP contribution < -0.4 is 5.32 Å². The van der Waals surface area contributed by atoms with Crippen LogP contribution in [0.2, 0.25) is 5.02 Å². The zero-order valence-electron chi connectivity index (χ0n) is 11.1. The highest BCUT2D eigenvalue weighted by Crippen LogP contribution is 2.26. The molecule has 0 atom stereocenters. The third-order valence-electron chi connectivity index (χ3n) is 3.11. The first-order chi connectivity index (χ1) is 10.5. The fraction of sp³-hybridized carbons (Fsp3) is 0. The van der Waals surface area contributed by atoms with Crippen LogP contribution in [0.15, 0.2) is 47.8 Å². The second kappa shape index (κ2) is 5.75. The zero-order valence-corrected chi connectivity index (χ0v) is 12.6. The summed E-state index contributed by atoms with van der Waals surface area (Å²) in [5.41, 5.74) is 0.228. The standard InChI is InChI=1S/C15H9ClN2O3S/c16-10-1-3-13(18(20)21)12(8-10)15(19)17-11-2-4-14-9(7-11)5-6-22-14/h1-8H,(H,17,19). The Morgan fingerprint density at radius 2 is 2.00 bits per heavy atom. The molecule has 110 valence electrons. The lowest BCUT2D eigenvalue weighted by molar-refractivity contribution is -0.385. The molecule has 0 unspecified atom stereocenters. The van der Waals surface area contributed by atoms with Gasteiger partial charge in [0.2, 0.25) is 0 Å². The molecular weight excluding hydrogens is 324 g/mol. The van der Waals surface area contributed by atoms with Crippen molar-refractivity contribution in [1.82, 2.24) is 0 Å². The highest BCUT2D eigenvalue weighted by Gasteiger charge is 2.20. The van der Waals surface area contributed by atoms with Gasteiger partial charge < -0.3 is 5.32 Å². The van der Waals surface area contributed by atoms with Crippen molar-refractivity contribution >= 4 is 50.3 Å². The van der Waals surface area contributed by atoms with Gasteiger partial charge in [-0.25, -0.2) is 0 Å². The van der Waals surface area contributed by atoms with Gasteiger partial charge in [-0.2, -0.15) is 0 Å². The van der Waals surface area contributed by atoms with E-state index in [0.717, 1.165) is 10.1 Å². The van der Waals surface area contributed by atoms with Gasteiger partial charge in [-0.15, -0.1) is 11.3 Å². The zero-order chi connectivity index (χ0) is 15.7. The Bertz CT molecular complexity index is 891. The third-order valence-corrected chi connectivity index (χ3v) is 4.24. The van der Waals surface area contributed by atoms with E-state index in [2.05, 4.69) is 5.32 Å². The van der Waals surface area contributed by atoms with Crippen molar-refractivity contribution in [2.45, 2.75) is 0 Å². The van der Waals surface area contributed by atoms with Crippen LogP contribution in [-0.4, -0.2) is 10.8 Å². The molecule has 0 bridgehead atoms. The number of benzene rings is 2. The molecule has 0 aliphatic heterocycles. The van der Waals surface area contributed by atoms with E-state index in [1.54, 1.807) is 17.4 Å². The first-order valence-corrected chi connectivity index (χ1v) is 7.53. The Balaban J connectivity index is 1.94. The lowest BCUT2D eigenvalue weighted by Crippen LogP contribution is -2.13. The van der Waals surface area contributed by atoms with Crippen LogP contribution in [0.1, 0.15) is 10.4 Å². The van der Waals surface area contributed by atoms with E-state index in [1.807, 2.05) is 23.6 Å². The highest BCUT2D eigenvalue weighted by atomic mass is 35.5. The monoisotopic (exact) mass is 332 g/mol. The minimum Gasteiger partial charge on any atom is -0.322 e. The van der Waals surface area contributed by atoms with Crippen molar-refractivity contribution < 1.29 is 9.72 Å². The van der Waals surface area contributed by atoms with Crippen molar-refractivity contribution in [1.29, 1.82) is 0 Å².